The van der Waals surface area contributed by atoms with Crippen LogP contribution >= 0.6 is 15.9 Å². The highest BCUT2D eigenvalue weighted by atomic mass is 79.9. The van der Waals surface area contributed by atoms with Gasteiger partial charge in [-0.1, -0.05) is 71.6 Å². The molecule has 2 aromatic carbocycles. The maximum absolute atomic E-state index is 13.2. The van der Waals surface area contributed by atoms with Crippen LogP contribution in [0.15, 0.2) is 69.0 Å². The third-order valence-corrected chi connectivity index (χ3v) is 5.65. The van der Waals surface area contributed by atoms with E-state index in [1.165, 1.54) is 23.9 Å². The number of hydrogen-bond donors (Lipinski definition) is 0. The number of benzene rings is 2. The number of rotatable bonds is 4. The van der Waals surface area contributed by atoms with Gasteiger partial charge < -0.3 is 0 Å². The van der Waals surface area contributed by atoms with Gasteiger partial charge in [-0.15, -0.1) is 0 Å². The second kappa shape index (κ2) is 8.65. The zero-order valence-electron chi connectivity index (χ0n) is 15.6. The molecule has 1 aliphatic carbocycles. The SMILES string of the molecule is O=c1c2cc(Br)ccc2nc(C2CCCCC2)n1N=C/C=C/c1ccccc1. The molecule has 142 valence electrons. The number of allylic oxidation sites excluding steroid dienone is 1. The molecule has 28 heavy (non-hydrogen) atoms. The molecule has 0 amide bonds. The van der Waals surface area contributed by atoms with Crippen LogP contribution in [0.2, 0.25) is 0 Å². The van der Waals surface area contributed by atoms with Gasteiger partial charge in [0.1, 0.15) is 5.82 Å². The van der Waals surface area contributed by atoms with Gasteiger partial charge in [0.2, 0.25) is 0 Å². The lowest BCUT2D eigenvalue weighted by molar-refractivity contribution is 0.416. The third kappa shape index (κ3) is 4.14. The Morgan fingerprint density at radius 2 is 1.86 bits per heavy atom. The van der Waals surface area contributed by atoms with Crippen molar-refractivity contribution in [1.29, 1.82) is 0 Å². The van der Waals surface area contributed by atoms with E-state index < -0.39 is 0 Å². The topological polar surface area (TPSA) is 47.2 Å². The number of fused-ring (bicyclic) bond motifs is 1. The molecule has 4 nitrogen and oxygen atoms in total. The van der Waals surface area contributed by atoms with E-state index in [0.29, 0.717) is 5.39 Å². The Hall–Kier alpha value is -2.53. The van der Waals surface area contributed by atoms with Gasteiger partial charge in [-0.25, -0.2) is 4.98 Å². The minimum absolute atomic E-state index is 0.115. The molecule has 1 heterocycles. The first-order valence-electron chi connectivity index (χ1n) is 9.70. The van der Waals surface area contributed by atoms with Crippen molar-refractivity contribution in [2.45, 2.75) is 38.0 Å². The van der Waals surface area contributed by atoms with E-state index in [1.54, 1.807) is 6.21 Å². The van der Waals surface area contributed by atoms with Crippen molar-refractivity contribution in [3.8, 4) is 0 Å². The minimum atomic E-state index is -0.115. The zero-order valence-corrected chi connectivity index (χ0v) is 17.2. The van der Waals surface area contributed by atoms with Crippen LogP contribution in [0.25, 0.3) is 17.0 Å². The van der Waals surface area contributed by atoms with Crippen LogP contribution in [0, 0.1) is 0 Å². The fourth-order valence-electron chi connectivity index (χ4n) is 3.73. The van der Waals surface area contributed by atoms with Crippen LogP contribution in [-0.4, -0.2) is 15.9 Å². The quantitative estimate of drug-likeness (QED) is 0.489. The van der Waals surface area contributed by atoms with Crippen molar-refractivity contribution in [1.82, 2.24) is 9.66 Å². The molecule has 0 N–H and O–H groups in total. The fourth-order valence-corrected chi connectivity index (χ4v) is 4.09. The summed E-state index contributed by atoms with van der Waals surface area (Å²) >= 11 is 3.45. The van der Waals surface area contributed by atoms with E-state index in [0.717, 1.165) is 34.2 Å². The van der Waals surface area contributed by atoms with E-state index in [9.17, 15) is 4.79 Å². The van der Waals surface area contributed by atoms with Crippen LogP contribution in [-0.2, 0) is 0 Å². The molecule has 0 spiro atoms. The summed E-state index contributed by atoms with van der Waals surface area (Å²) in [7, 11) is 0. The van der Waals surface area contributed by atoms with Crippen LogP contribution in [0.4, 0.5) is 0 Å². The van der Waals surface area contributed by atoms with Gasteiger partial charge in [0.25, 0.3) is 5.56 Å². The summed E-state index contributed by atoms with van der Waals surface area (Å²) in [6, 6.07) is 15.7. The standard InChI is InChI=1S/C23H22BrN3O/c24-19-13-14-21-20(16-19)23(28)27(22(26-21)18-11-5-2-6-12-18)25-15-7-10-17-8-3-1-4-9-17/h1,3-4,7-10,13-16,18H,2,5-6,11-12H2/b10-7+,25-15?. The van der Waals surface area contributed by atoms with Gasteiger partial charge in [-0.05, 0) is 42.7 Å². The zero-order chi connectivity index (χ0) is 19.3. The monoisotopic (exact) mass is 435 g/mol. The summed E-state index contributed by atoms with van der Waals surface area (Å²) < 4.78 is 2.36. The van der Waals surface area contributed by atoms with Crippen LogP contribution < -0.4 is 5.56 Å². The minimum Gasteiger partial charge on any atom is -0.267 e. The third-order valence-electron chi connectivity index (χ3n) is 5.16. The summed E-state index contributed by atoms with van der Waals surface area (Å²) in [6.45, 7) is 0. The summed E-state index contributed by atoms with van der Waals surface area (Å²) in [5, 5.41) is 5.07. The molecule has 0 aliphatic heterocycles. The molecule has 1 aliphatic rings. The Morgan fingerprint density at radius 3 is 2.64 bits per heavy atom. The molecule has 0 bridgehead atoms. The first-order valence-corrected chi connectivity index (χ1v) is 10.5. The fraction of sp³-hybridized carbons (Fsp3) is 0.261. The van der Waals surface area contributed by atoms with Gasteiger partial charge in [0.05, 0.1) is 10.9 Å². The van der Waals surface area contributed by atoms with Gasteiger partial charge in [-0.3, -0.25) is 4.79 Å². The molecule has 0 radical (unpaired) electrons. The number of halogens is 1. The van der Waals surface area contributed by atoms with Gasteiger partial charge >= 0.3 is 0 Å². The Morgan fingerprint density at radius 1 is 1.07 bits per heavy atom. The van der Waals surface area contributed by atoms with Gasteiger partial charge in [0, 0.05) is 16.6 Å². The summed E-state index contributed by atoms with van der Waals surface area (Å²) in [5.74, 6) is 1.06. The maximum Gasteiger partial charge on any atom is 0.282 e. The highest BCUT2D eigenvalue weighted by Gasteiger charge is 2.22. The van der Waals surface area contributed by atoms with Crippen molar-refractivity contribution in [3.63, 3.8) is 0 Å². The summed E-state index contributed by atoms with van der Waals surface area (Å²) in [4.78, 5) is 18.0. The smallest absolute Gasteiger partial charge is 0.267 e. The van der Waals surface area contributed by atoms with E-state index in [2.05, 4.69) is 21.0 Å². The molecule has 3 aromatic rings. The molecule has 0 unspecified atom stereocenters. The lowest BCUT2D eigenvalue weighted by Crippen LogP contribution is -2.25. The number of nitrogens with zero attached hydrogens (tertiary/aromatic N) is 3. The molecular formula is C23H22BrN3O. The second-order valence-electron chi connectivity index (χ2n) is 7.12. The van der Waals surface area contributed by atoms with Crippen molar-refractivity contribution in [2.75, 3.05) is 0 Å². The van der Waals surface area contributed by atoms with E-state index >= 15 is 0 Å². The maximum atomic E-state index is 13.2. The van der Waals surface area contributed by atoms with Crippen LogP contribution in [0.1, 0.15) is 49.4 Å². The predicted octanol–water partition coefficient (Wildman–Crippen LogP) is 5.75. The molecule has 1 fully saturated rings. The second-order valence-corrected chi connectivity index (χ2v) is 8.03. The molecule has 0 saturated heterocycles. The van der Waals surface area contributed by atoms with Gasteiger partial charge in [-0.2, -0.15) is 9.78 Å². The van der Waals surface area contributed by atoms with E-state index in [1.807, 2.05) is 60.7 Å². The molecule has 0 atom stereocenters. The van der Waals surface area contributed by atoms with Crippen LogP contribution in [0.5, 0.6) is 0 Å². The molecule has 1 saturated carbocycles. The Balaban J connectivity index is 1.75. The molecule has 4 rings (SSSR count). The largest absolute Gasteiger partial charge is 0.282 e. The van der Waals surface area contributed by atoms with Crippen molar-refractivity contribution in [2.24, 2.45) is 5.10 Å². The number of aromatic nitrogens is 2. The number of hydrogen-bond acceptors (Lipinski definition) is 3. The lowest BCUT2D eigenvalue weighted by atomic mass is 9.88. The molecular weight excluding hydrogens is 414 g/mol. The van der Waals surface area contributed by atoms with Gasteiger partial charge in [0.15, 0.2) is 0 Å². The highest BCUT2D eigenvalue weighted by molar-refractivity contribution is 9.10. The lowest BCUT2D eigenvalue weighted by Gasteiger charge is -2.22. The molecule has 5 heteroatoms. The average molecular weight is 436 g/mol. The average Bonchev–Trinajstić information content (AvgIpc) is 2.74. The first kappa shape index (κ1) is 18.8. The Kier molecular flexibility index (Phi) is 5.81. The Labute approximate surface area is 172 Å². The Bertz CT molecular complexity index is 1080. The van der Waals surface area contributed by atoms with E-state index in [4.69, 9.17) is 4.98 Å². The van der Waals surface area contributed by atoms with Crippen molar-refractivity contribution < 1.29 is 0 Å². The van der Waals surface area contributed by atoms with Crippen molar-refractivity contribution in [3.05, 3.63) is 80.8 Å². The molecule has 1 aromatic heterocycles. The van der Waals surface area contributed by atoms with Crippen LogP contribution in [0.3, 0.4) is 0 Å². The predicted molar refractivity (Wildman–Crippen MR) is 119 cm³/mol. The van der Waals surface area contributed by atoms with E-state index in [-0.39, 0.29) is 11.5 Å². The normalized spacial score (nSPS) is 15.8. The first-order chi connectivity index (χ1) is 13.7. The highest BCUT2D eigenvalue weighted by Crippen LogP contribution is 2.32. The van der Waals surface area contributed by atoms with Crippen molar-refractivity contribution >= 4 is 39.1 Å². The summed E-state index contributed by atoms with van der Waals surface area (Å²) in [5.41, 5.74) is 1.71. The summed E-state index contributed by atoms with van der Waals surface area (Å²) in [6.07, 6.45) is 11.2.